The Kier molecular flexibility index (Phi) is 6.59. The second-order valence-electron chi connectivity index (χ2n) is 4.30. The molecule has 1 N–H and O–H groups in total. The molecule has 0 heterocycles. The zero-order valence-electron chi connectivity index (χ0n) is 11.4. The van der Waals surface area contributed by atoms with E-state index >= 15 is 0 Å². The van der Waals surface area contributed by atoms with Crippen LogP contribution in [0.1, 0.15) is 24.2 Å². The molecule has 0 aliphatic heterocycles. The first-order valence-electron chi connectivity index (χ1n) is 6.05. The summed E-state index contributed by atoms with van der Waals surface area (Å²) in [5, 5.41) is 2.84. The molecule has 0 aromatic heterocycles. The molecule has 0 saturated heterocycles. The van der Waals surface area contributed by atoms with Gasteiger partial charge in [0.2, 0.25) is 5.91 Å². The number of amides is 1. The number of hydrogen-bond acceptors (Lipinski definition) is 4. The molecule has 1 atom stereocenters. The molecule has 0 aliphatic rings. The van der Waals surface area contributed by atoms with Crippen LogP contribution in [-0.2, 0) is 9.53 Å². The Morgan fingerprint density at radius 3 is 2.79 bits per heavy atom. The largest absolute Gasteiger partial charge is 0.383 e. The van der Waals surface area contributed by atoms with Crippen LogP contribution < -0.4 is 5.32 Å². The highest BCUT2D eigenvalue weighted by Gasteiger charge is 2.08. The third-order valence-electron chi connectivity index (χ3n) is 2.43. The second kappa shape index (κ2) is 7.96. The molecular weight excluding hydrogens is 262 g/mol. The van der Waals surface area contributed by atoms with Crippen molar-refractivity contribution in [3.8, 4) is 0 Å². The van der Waals surface area contributed by atoms with Crippen LogP contribution in [0.2, 0.25) is 0 Å². The van der Waals surface area contributed by atoms with Crippen molar-refractivity contribution in [1.82, 2.24) is 5.32 Å². The normalized spacial score (nSPS) is 11.9. The molecule has 1 aromatic rings. The van der Waals surface area contributed by atoms with Crippen LogP contribution in [0.5, 0.6) is 0 Å². The van der Waals surface area contributed by atoms with E-state index in [1.54, 1.807) is 19.2 Å². The second-order valence-corrected chi connectivity index (χ2v) is 5.35. The van der Waals surface area contributed by atoms with E-state index in [1.807, 2.05) is 19.1 Å². The first-order valence-corrected chi connectivity index (χ1v) is 7.03. The molecule has 0 aliphatic carbocycles. The molecular formula is C14H19NO3S. The van der Waals surface area contributed by atoms with Gasteiger partial charge >= 0.3 is 0 Å². The Morgan fingerprint density at radius 1 is 1.42 bits per heavy atom. The lowest BCUT2D eigenvalue weighted by Gasteiger charge is -2.12. The van der Waals surface area contributed by atoms with Gasteiger partial charge in [0.1, 0.15) is 0 Å². The Balaban J connectivity index is 2.46. The average molecular weight is 281 g/mol. The van der Waals surface area contributed by atoms with Gasteiger partial charge in [-0.15, -0.1) is 11.8 Å². The van der Waals surface area contributed by atoms with Gasteiger partial charge in [0.15, 0.2) is 5.78 Å². The maximum Gasteiger partial charge on any atom is 0.230 e. The highest BCUT2D eigenvalue weighted by Crippen LogP contribution is 2.19. The Hall–Kier alpha value is -1.33. The molecule has 0 radical (unpaired) electrons. The van der Waals surface area contributed by atoms with E-state index in [0.717, 1.165) is 4.90 Å². The van der Waals surface area contributed by atoms with Crippen molar-refractivity contribution < 1.29 is 14.3 Å². The minimum absolute atomic E-state index is 0.00153. The molecule has 1 amide bonds. The molecule has 1 rings (SSSR count). The molecule has 5 heteroatoms. The van der Waals surface area contributed by atoms with Crippen molar-refractivity contribution in [1.29, 1.82) is 0 Å². The smallest absolute Gasteiger partial charge is 0.230 e. The zero-order chi connectivity index (χ0) is 14.3. The lowest BCUT2D eigenvalue weighted by molar-refractivity contribution is -0.119. The van der Waals surface area contributed by atoms with Gasteiger partial charge in [-0.05, 0) is 26.0 Å². The third kappa shape index (κ3) is 5.89. The van der Waals surface area contributed by atoms with Crippen molar-refractivity contribution in [3.63, 3.8) is 0 Å². The standard InChI is InChI=1S/C14H19NO3S/c1-10(8-18-3)15-14(17)9-19-13-6-4-5-12(7-13)11(2)16/h4-7,10H,8-9H2,1-3H3,(H,15,17). The summed E-state index contributed by atoms with van der Waals surface area (Å²) >= 11 is 1.42. The Labute approximate surface area is 117 Å². The van der Waals surface area contributed by atoms with Crippen LogP contribution in [0.4, 0.5) is 0 Å². The fraction of sp³-hybridized carbons (Fsp3) is 0.429. The van der Waals surface area contributed by atoms with Crippen LogP contribution >= 0.6 is 11.8 Å². The number of carbonyl (C=O) groups excluding carboxylic acids is 2. The van der Waals surface area contributed by atoms with Crippen molar-refractivity contribution in [2.45, 2.75) is 24.8 Å². The van der Waals surface area contributed by atoms with Gasteiger partial charge in [-0.1, -0.05) is 12.1 Å². The van der Waals surface area contributed by atoms with Crippen LogP contribution in [0.25, 0.3) is 0 Å². The van der Waals surface area contributed by atoms with E-state index in [2.05, 4.69) is 5.32 Å². The summed E-state index contributed by atoms with van der Waals surface area (Å²) in [5.74, 6) is 0.318. The van der Waals surface area contributed by atoms with E-state index in [9.17, 15) is 9.59 Å². The van der Waals surface area contributed by atoms with E-state index < -0.39 is 0 Å². The number of carbonyl (C=O) groups is 2. The topological polar surface area (TPSA) is 55.4 Å². The fourth-order valence-corrected chi connectivity index (χ4v) is 2.33. The summed E-state index contributed by atoms with van der Waals surface area (Å²) in [6.45, 7) is 3.92. The molecule has 0 fully saturated rings. The van der Waals surface area contributed by atoms with Crippen LogP contribution in [0.15, 0.2) is 29.2 Å². The number of benzene rings is 1. The summed E-state index contributed by atoms with van der Waals surface area (Å²) in [7, 11) is 1.60. The molecule has 1 aromatic carbocycles. The molecule has 4 nitrogen and oxygen atoms in total. The predicted octanol–water partition coefficient (Wildman–Crippen LogP) is 2.13. The Morgan fingerprint density at radius 2 is 2.16 bits per heavy atom. The average Bonchev–Trinajstić information content (AvgIpc) is 2.37. The number of Topliss-reactive ketones (excluding diaryl/α,β-unsaturated/α-hetero) is 1. The first-order chi connectivity index (χ1) is 9.02. The van der Waals surface area contributed by atoms with Gasteiger partial charge in [0.05, 0.1) is 12.4 Å². The summed E-state index contributed by atoms with van der Waals surface area (Å²) in [4.78, 5) is 23.8. The van der Waals surface area contributed by atoms with Crippen molar-refractivity contribution in [2.24, 2.45) is 0 Å². The fourth-order valence-electron chi connectivity index (χ4n) is 1.56. The molecule has 104 valence electrons. The SMILES string of the molecule is COCC(C)NC(=O)CSc1cccc(C(C)=O)c1. The van der Waals surface area contributed by atoms with E-state index in [0.29, 0.717) is 17.9 Å². The highest BCUT2D eigenvalue weighted by molar-refractivity contribution is 8.00. The molecule has 0 spiro atoms. The molecule has 1 unspecified atom stereocenters. The van der Waals surface area contributed by atoms with E-state index in [-0.39, 0.29) is 17.7 Å². The number of ether oxygens (including phenoxy) is 1. The summed E-state index contributed by atoms with van der Waals surface area (Å²) in [6.07, 6.45) is 0. The number of rotatable bonds is 7. The maximum absolute atomic E-state index is 11.7. The number of thioether (sulfide) groups is 1. The number of nitrogens with one attached hydrogen (secondary N) is 1. The summed E-state index contributed by atoms with van der Waals surface area (Å²) < 4.78 is 4.95. The van der Waals surface area contributed by atoms with E-state index in [1.165, 1.54) is 18.7 Å². The highest BCUT2D eigenvalue weighted by atomic mass is 32.2. The minimum atomic E-state index is -0.0391. The van der Waals surface area contributed by atoms with Crippen LogP contribution in [0, 0.1) is 0 Å². The third-order valence-corrected chi connectivity index (χ3v) is 3.43. The first kappa shape index (κ1) is 15.7. The molecule has 0 saturated carbocycles. The molecule has 19 heavy (non-hydrogen) atoms. The number of ketones is 1. The molecule has 0 bridgehead atoms. The summed E-state index contributed by atoms with van der Waals surface area (Å²) in [6, 6.07) is 7.29. The van der Waals surface area contributed by atoms with Crippen LogP contribution in [0.3, 0.4) is 0 Å². The Bertz CT molecular complexity index is 448. The van der Waals surface area contributed by atoms with Gasteiger partial charge in [-0.2, -0.15) is 0 Å². The van der Waals surface area contributed by atoms with E-state index in [4.69, 9.17) is 4.74 Å². The quantitative estimate of drug-likeness (QED) is 0.614. The summed E-state index contributed by atoms with van der Waals surface area (Å²) in [5.41, 5.74) is 0.665. The van der Waals surface area contributed by atoms with Crippen LogP contribution in [-0.4, -0.2) is 37.2 Å². The van der Waals surface area contributed by atoms with Crippen molar-refractivity contribution >= 4 is 23.5 Å². The number of hydrogen-bond donors (Lipinski definition) is 1. The zero-order valence-corrected chi connectivity index (χ0v) is 12.3. The van der Waals surface area contributed by atoms with Crippen molar-refractivity contribution in [3.05, 3.63) is 29.8 Å². The number of methoxy groups -OCH3 is 1. The predicted molar refractivity (Wildman–Crippen MR) is 76.7 cm³/mol. The monoisotopic (exact) mass is 281 g/mol. The maximum atomic E-state index is 11.7. The minimum Gasteiger partial charge on any atom is -0.383 e. The van der Waals surface area contributed by atoms with Gasteiger partial charge in [-0.3, -0.25) is 9.59 Å². The van der Waals surface area contributed by atoms with Gasteiger partial charge in [0.25, 0.3) is 0 Å². The van der Waals surface area contributed by atoms with Gasteiger partial charge in [0, 0.05) is 23.6 Å². The van der Waals surface area contributed by atoms with Gasteiger partial charge < -0.3 is 10.1 Å². The lowest BCUT2D eigenvalue weighted by Crippen LogP contribution is -2.36. The van der Waals surface area contributed by atoms with Gasteiger partial charge in [-0.25, -0.2) is 0 Å². The van der Waals surface area contributed by atoms with Crippen molar-refractivity contribution in [2.75, 3.05) is 19.5 Å². The lowest BCUT2D eigenvalue weighted by atomic mass is 10.2.